The maximum atomic E-state index is 3.94. The Kier molecular flexibility index (Phi) is 3.21. The molecule has 2 aromatic rings. The van der Waals surface area contributed by atoms with Gasteiger partial charge in [0, 0.05) is 5.92 Å². The average molecular weight is 208 g/mol. The quantitative estimate of drug-likeness (QED) is 0.659. The summed E-state index contributed by atoms with van der Waals surface area (Å²) in [7, 11) is 0. The fourth-order valence-electron chi connectivity index (χ4n) is 1.90. The van der Waals surface area contributed by atoms with E-state index in [4.69, 9.17) is 0 Å². The van der Waals surface area contributed by atoms with Gasteiger partial charge in [-0.1, -0.05) is 66.2 Å². The van der Waals surface area contributed by atoms with E-state index in [1.54, 1.807) is 0 Å². The summed E-state index contributed by atoms with van der Waals surface area (Å²) in [6.45, 7) is 6.04. The van der Waals surface area contributed by atoms with Crippen LogP contribution in [0.3, 0.4) is 0 Å². The van der Waals surface area contributed by atoms with Gasteiger partial charge < -0.3 is 0 Å². The highest BCUT2D eigenvalue weighted by molar-refractivity contribution is 5.37. The van der Waals surface area contributed by atoms with Crippen LogP contribution in [0.15, 0.2) is 67.3 Å². The lowest BCUT2D eigenvalue weighted by Gasteiger charge is -2.13. The Morgan fingerprint density at radius 3 is 2.00 bits per heavy atom. The first-order valence-electron chi connectivity index (χ1n) is 5.55. The van der Waals surface area contributed by atoms with Crippen LogP contribution < -0.4 is 0 Å². The van der Waals surface area contributed by atoms with Crippen LogP contribution in [0.2, 0.25) is 0 Å². The molecule has 0 spiro atoms. The molecule has 0 saturated carbocycles. The van der Waals surface area contributed by atoms with Crippen LogP contribution in [-0.4, -0.2) is 0 Å². The van der Waals surface area contributed by atoms with Gasteiger partial charge in [-0.2, -0.15) is 0 Å². The van der Waals surface area contributed by atoms with Crippen molar-refractivity contribution in [2.75, 3.05) is 0 Å². The largest absolute Gasteiger partial charge is 0.102 e. The Hall–Kier alpha value is -1.82. The van der Waals surface area contributed by atoms with Gasteiger partial charge in [0.1, 0.15) is 0 Å². The number of allylic oxidation sites excluding steroid dienone is 1. The summed E-state index contributed by atoms with van der Waals surface area (Å²) in [4.78, 5) is 0. The van der Waals surface area contributed by atoms with E-state index >= 15 is 0 Å². The van der Waals surface area contributed by atoms with Crippen molar-refractivity contribution >= 4 is 0 Å². The van der Waals surface area contributed by atoms with E-state index in [0.717, 1.165) is 0 Å². The van der Waals surface area contributed by atoms with Crippen LogP contribution in [0.25, 0.3) is 0 Å². The highest BCUT2D eigenvalue weighted by Crippen LogP contribution is 2.25. The summed E-state index contributed by atoms with van der Waals surface area (Å²) in [5.41, 5.74) is 3.88. The number of aryl methyl sites for hydroxylation is 1. The SMILES string of the molecule is C=CC(c1ccccc1)c1ccc(C)cc1. The van der Waals surface area contributed by atoms with Gasteiger partial charge in [-0.05, 0) is 18.1 Å². The van der Waals surface area contributed by atoms with Crippen molar-refractivity contribution < 1.29 is 0 Å². The second-order valence-electron chi connectivity index (χ2n) is 4.03. The summed E-state index contributed by atoms with van der Waals surface area (Å²) in [6, 6.07) is 19.1. The second-order valence-corrected chi connectivity index (χ2v) is 4.03. The molecular weight excluding hydrogens is 192 g/mol. The summed E-state index contributed by atoms with van der Waals surface area (Å²) < 4.78 is 0. The van der Waals surface area contributed by atoms with E-state index in [9.17, 15) is 0 Å². The van der Waals surface area contributed by atoms with E-state index < -0.39 is 0 Å². The van der Waals surface area contributed by atoms with Gasteiger partial charge in [-0.15, -0.1) is 6.58 Å². The first-order chi connectivity index (χ1) is 7.81. The number of hydrogen-bond donors (Lipinski definition) is 0. The van der Waals surface area contributed by atoms with Gasteiger partial charge >= 0.3 is 0 Å². The monoisotopic (exact) mass is 208 g/mol. The maximum Gasteiger partial charge on any atom is 0.0266 e. The van der Waals surface area contributed by atoms with Crippen molar-refractivity contribution in [3.63, 3.8) is 0 Å². The molecule has 0 aliphatic heterocycles. The zero-order valence-corrected chi connectivity index (χ0v) is 9.56. The Morgan fingerprint density at radius 2 is 1.44 bits per heavy atom. The summed E-state index contributed by atoms with van der Waals surface area (Å²) in [6.07, 6.45) is 2.00. The third kappa shape index (κ3) is 2.22. The van der Waals surface area contributed by atoms with Crippen LogP contribution in [0.5, 0.6) is 0 Å². The van der Waals surface area contributed by atoms with Crippen LogP contribution in [-0.2, 0) is 0 Å². The fraction of sp³-hybridized carbons (Fsp3) is 0.125. The zero-order chi connectivity index (χ0) is 11.4. The predicted molar refractivity (Wildman–Crippen MR) is 69.7 cm³/mol. The third-order valence-corrected chi connectivity index (χ3v) is 2.83. The molecule has 1 unspecified atom stereocenters. The van der Waals surface area contributed by atoms with Crippen LogP contribution in [0.4, 0.5) is 0 Å². The zero-order valence-electron chi connectivity index (χ0n) is 9.56. The molecule has 0 fully saturated rings. The minimum atomic E-state index is 0.293. The summed E-state index contributed by atoms with van der Waals surface area (Å²) in [5.74, 6) is 0.293. The molecule has 80 valence electrons. The van der Waals surface area contributed by atoms with Crippen molar-refractivity contribution in [3.05, 3.63) is 83.9 Å². The van der Waals surface area contributed by atoms with Gasteiger partial charge in [0.05, 0.1) is 0 Å². The molecule has 0 radical (unpaired) electrons. The molecule has 16 heavy (non-hydrogen) atoms. The molecular formula is C16H16. The lowest BCUT2D eigenvalue weighted by Crippen LogP contribution is -1.96. The first kappa shape index (κ1) is 10.7. The standard InChI is InChI=1S/C16H16/c1-3-16(14-7-5-4-6-8-14)15-11-9-13(2)10-12-15/h3-12,16H,1H2,2H3. The van der Waals surface area contributed by atoms with Crippen molar-refractivity contribution in [2.45, 2.75) is 12.8 Å². The first-order valence-corrected chi connectivity index (χ1v) is 5.55. The summed E-state index contributed by atoms with van der Waals surface area (Å²) >= 11 is 0. The molecule has 0 nitrogen and oxygen atoms in total. The second kappa shape index (κ2) is 4.80. The third-order valence-electron chi connectivity index (χ3n) is 2.83. The number of rotatable bonds is 3. The molecule has 2 aromatic carbocycles. The van der Waals surface area contributed by atoms with Crippen LogP contribution in [0, 0.1) is 6.92 Å². The molecule has 0 amide bonds. The van der Waals surface area contributed by atoms with E-state index in [1.165, 1.54) is 16.7 Å². The molecule has 0 saturated heterocycles. The van der Waals surface area contributed by atoms with E-state index in [-0.39, 0.29) is 0 Å². The van der Waals surface area contributed by atoms with Crippen molar-refractivity contribution in [3.8, 4) is 0 Å². The molecule has 0 N–H and O–H groups in total. The van der Waals surface area contributed by atoms with Gasteiger partial charge in [-0.3, -0.25) is 0 Å². The topological polar surface area (TPSA) is 0 Å². The molecule has 0 heterocycles. The van der Waals surface area contributed by atoms with Crippen molar-refractivity contribution in [1.82, 2.24) is 0 Å². The Bertz CT molecular complexity index is 451. The van der Waals surface area contributed by atoms with Crippen molar-refractivity contribution in [2.24, 2.45) is 0 Å². The predicted octanol–water partition coefficient (Wildman–Crippen LogP) is 4.31. The van der Waals surface area contributed by atoms with E-state index in [2.05, 4.69) is 62.0 Å². The highest BCUT2D eigenvalue weighted by Gasteiger charge is 2.08. The Labute approximate surface area is 97.3 Å². The molecule has 0 heteroatoms. The normalized spacial score (nSPS) is 12.1. The lowest BCUT2D eigenvalue weighted by molar-refractivity contribution is 1.03. The minimum Gasteiger partial charge on any atom is -0.102 e. The van der Waals surface area contributed by atoms with E-state index in [1.807, 2.05) is 12.1 Å². The molecule has 1 atom stereocenters. The van der Waals surface area contributed by atoms with E-state index in [0.29, 0.717) is 5.92 Å². The highest BCUT2D eigenvalue weighted by atomic mass is 14.1. The van der Waals surface area contributed by atoms with Gasteiger partial charge in [0.2, 0.25) is 0 Å². The maximum absolute atomic E-state index is 3.94. The number of hydrogen-bond acceptors (Lipinski definition) is 0. The molecule has 0 aromatic heterocycles. The van der Waals surface area contributed by atoms with Gasteiger partial charge in [0.25, 0.3) is 0 Å². The fourth-order valence-corrected chi connectivity index (χ4v) is 1.90. The van der Waals surface area contributed by atoms with Gasteiger partial charge in [0.15, 0.2) is 0 Å². The summed E-state index contributed by atoms with van der Waals surface area (Å²) in [5, 5.41) is 0. The van der Waals surface area contributed by atoms with Gasteiger partial charge in [-0.25, -0.2) is 0 Å². The van der Waals surface area contributed by atoms with Crippen LogP contribution >= 0.6 is 0 Å². The molecule has 0 bridgehead atoms. The number of benzene rings is 2. The lowest BCUT2D eigenvalue weighted by atomic mass is 9.91. The average Bonchev–Trinajstić information content (AvgIpc) is 2.34. The smallest absolute Gasteiger partial charge is 0.0266 e. The molecule has 0 aliphatic rings. The van der Waals surface area contributed by atoms with Crippen molar-refractivity contribution in [1.29, 1.82) is 0 Å². The van der Waals surface area contributed by atoms with Crippen LogP contribution in [0.1, 0.15) is 22.6 Å². The molecule has 2 rings (SSSR count). The Balaban J connectivity index is 2.37. The molecule has 0 aliphatic carbocycles. The minimum absolute atomic E-state index is 0.293. The Morgan fingerprint density at radius 1 is 0.875 bits per heavy atom.